The fraction of sp³-hybridized carbons (Fsp3) is 0.947. The normalized spacial score (nSPS) is 29.9. The Morgan fingerprint density at radius 1 is 1.20 bits per heavy atom. The highest BCUT2D eigenvalue weighted by atomic mass is 32.2. The molecule has 2 fully saturated rings. The van der Waals surface area contributed by atoms with Gasteiger partial charge in [-0.25, -0.2) is 4.79 Å². The second-order valence-electron chi connectivity index (χ2n) is 9.58. The summed E-state index contributed by atoms with van der Waals surface area (Å²) in [5.74, 6) is 0. The monoisotopic (exact) mass is 372 g/mol. The molecule has 1 unspecified atom stereocenters. The topological polar surface area (TPSA) is 55.8 Å². The first-order valence-electron chi connectivity index (χ1n) is 9.56. The van der Waals surface area contributed by atoms with Crippen molar-refractivity contribution in [3.63, 3.8) is 0 Å². The van der Waals surface area contributed by atoms with Crippen molar-refractivity contribution in [2.75, 3.05) is 19.6 Å². The summed E-state index contributed by atoms with van der Waals surface area (Å²) >= 11 is -0.998. The molecule has 0 bridgehead atoms. The molecule has 2 saturated heterocycles. The van der Waals surface area contributed by atoms with E-state index in [0.29, 0.717) is 0 Å². The maximum absolute atomic E-state index is 12.9. The minimum Gasteiger partial charge on any atom is -0.597 e. The van der Waals surface area contributed by atoms with Crippen LogP contribution in [0.1, 0.15) is 74.1 Å². The quantitative estimate of drug-likeness (QED) is 0.689. The van der Waals surface area contributed by atoms with E-state index in [1.54, 1.807) is 0 Å². The molecule has 2 rings (SSSR count). The van der Waals surface area contributed by atoms with Crippen molar-refractivity contribution in [2.45, 2.75) is 90.5 Å². The lowest BCUT2D eigenvalue weighted by atomic mass is 9.69. The second-order valence-corrected chi connectivity index (χ2v) is 11.8. The molecule has 6 heteroatoms. The minimum atomic E-state index is -0.998. The Morgan fingerprint density at radius 3 is 2.36 bits per heavy atom. The van der Waals surface area contributed by atoms with Gasteiger partial charge in [-0.2, -0.15) is 0 Å². The van der Waals surface area contributed by atoms with E-state index in [9.17, 15) is 9.35 Å². The first-order valence-corrected chi connectivity index (χ1v) is 10.7. The lowest BCUT2D eigenvalue weighted by molar-refractivity contribution is -0.0462. The van der Waals surface area contributed by atoms with Crippen LogP contribution < -0.4 is 0 Å². The van der Waals surface area contributed by atoms with Crippen LogP contribution in [-0.2, 0) is 16.1 Å². The highest BCUT2D eigenvalue weighted by Crippen LogP contribution is 2.48. The Bertz CT molecular complexity index is 486. The number of rotatable bonds is 2. The first kappa shape index (κ1) is 20.8. The van der Waals surface area contributed by atoms with Crippen LogP contribution in [0.2, 0.25) is 0 Å². The molecule has 3 atom stereocenters. The molecule has 2 aliphatic rings. The Morgan fingerprint density at radius 2 is 1.84 bits per heavy atom. The van der Waals surface area contributed by atoms with Crippen LogP contribution >= 0.6 is 0 Å². The highest BCUT2D eigenvalue weighted by Gasteiger charge is 2.59. The summed E-state index contributed by atoms with van der Waals surface area (Å²) in [5, 5.41) is 0. The van der Waals surface area contributed by atoms with Gasteiger partial charge in [-0.15, -0.1) is 4.31 Å². The summed E-state index contributed by atoms with van der Waals surface area (Å²) in [6.45, 7) is 16.3. The molecule has 0 aliphatic carbocycles. The summed E-state index contributed by atoms with van der Waals surface area (Å²) in [7, 11) is 0. The molecule has 25 heavy (non-hydrogen) atoms. The molecule has 5 nitrogen and oxygen atoms in total. The average Bonchev–Trinajstić information content (AvgIpc) is 2.66. The molecule has 0 saturated carbocycles. The number of likely N-dealkylation sites (tertiary alicyclic amines) is 1. The summed E-state index contributed by atoms with van der Waals surface area (Å²) in [6.07, 6.45) is 3.98. The molecule has 0 N–H and O–H groups in total. The molecule has 146 valence electrons. The molecular formula is C19H36N2O3S. The van der Waals surface area contributed by atoms with Gasteiger partial charge in [0.1, 0.15) is 10.3 Å². The number of amides is 1. The van der Waals surface area contributed by atoms with Gasteiger partial charge in [-0.3, -0.25) is 0 Å². The van der Waals surface area contributed by atoms with E-state index in [4.69, 9.17) is 4.74 Å². The Balaban J connectivity index is 2.13. The van der Waals surface area contributed by atoms with Gasteiger partial charge < -0.3 is 14.2 Å². The second kappa shape index (κ2) is 7.28. The van der Waals surface area contributed by atoms with E-state index in [2.05, 4.69) is 11.2 Å². The van der Waals surface area contributed by atoms with E-state index < -0.39 is 17.0 Å². The summed E-state index contributed by atoms with van der Waals surface area (Å²) in [5.41, 5.74) is -0.414. The smallest absolute Gasteiger partial charge is 0.410 e. The van der Waals surface area contributed by atoms with Gasteiger partial charge in [0, 0.05) is 29.9 Å². The van der Waals surface area contributed by atoms with Gasteiger partial charge in [-0.1, -0.05) is 13.3 Å². The van der Waals surface area contributed by atoms with E-state index in [-0.39, 0.29) is 22.3 Å². The van der Waals surface area contributed by atoms with E-state index >= 15 is 0 Å². The molecular weight excluding hydrogens is 336 g/mol. The number of ether oxygens (including phenoxy) is 1. The number of hydrogen-bond donors (Lipinski definition) is 0. The van der Waals surface area contributed by atoms with Crippen LogP contribution in [-0.4, -0.2) is 55.9 Å². The van der Waals surface area contributed by atoms with Crippen LogP contribution in [0.5, 0.6) is 0 Å². The minimum absolute atomic E-state index is 0.0586. The number of hydrogen-bond acceptors (Lipinski definition) is 4. The van der Waals surface area contributed by atoms with Crippen LogP contribution in [0.15, 0.2) is 0 Å². The van der Waals surface area contributed by atoms with E-state index in [1.807, 2.05) is 46.4 Å². The van der Waals surface area contributed by atoms with Gasteiger partial charge in [-0.05, 0) is 60.8 Å². The third-order valence-electron chi connectivity index (χ3n) is 5.16. The number of carbonyl (C=O) groups excluding carboxylic acids is 1. The van der Waals surface area contributed by atoms with Gasteiger partial charge in [0.2, 0.25) is 0 Å². The van der Waals surface area contributed by atoms with Crippen molar-refractivity contribution in [2.24, 2.45) is 5.41 Å². The third kappa shape index (κ3) is 4.64. The summed E-state index contributed by atoms with van der Waals surface area (Å²) in [6, 6.07) is 0.274. The maximum atomic E-state index is 12.9. The molecule has 1 amide bonds. The fourth-order valence-electron chi connectivity index (χ4n) is 4.08. The zero-order chi connectivity index (χ0) is 19.0. The van der Waals surface area contributed by atoms with Crippen molar-refractivity contribution in [1.29, 1.82) is 0 Å². The molecule has 2 aliphatic heterocycles. The van der Waals surface area contributed by atoms with Crippen LogP contribution in [0.4, 0.5) is 4.79 Å². The van der Waals surface area contributed by atoms with E-state index in [0.717, 1.165) is 45.3 Å². The van der Waals surface area contributed by atoms with Crippen LogP contribution in [0, 0.1) is 5.41 Å². The average molecular weight is 373 g/mol. The zero-order valence-corrected chi connectivity index (χ0v) is 17.9. The van der Waals surface area contributed by atoms with Crippen molar-refractivity contribution in [3.05, 3.63) is 0 Å². The highest BCUT2D eigenvalue weighted by molar-refractivity contribution is 7.90. The lowest BCUT2D eigenvalue weighted by Gasteiger charge is -2.57. The summed E-state index contributed by atoms with van der Waals surface area (Å²) in [4.78, 5) is 14.5. The molecule has 2 heterocycles. The van der Waals surface area contributed by atoms with E-state index in [1.165, 1.54) is 0 Å². The lowest BCUT2D eigenvalue weighted by Crippen LogP contribution is -2.70. The first-order chi connectivity index (χ1) is 11.4. The SMILES string of the molecule is CC[C@H]1N([S+]([O-])C(C)(C)C)C[C@]12CCCCN(C(=O)OC(C)(C)C)C2. The van der Waals surface area contributed by atoms with Gasteiger partial charge >= 0.3 is 6.09 Å². The molecule has 0 radical (unpaired) electrons. The Kier molecular flexibility index (Phi) is 6.07. The molecule has 0 aromatic carbocycles. The largest absolute Gasteiger partial charge is 0.597 e. The molecule has 1 spiro atoms. The maximum Gasteiger partial charge on any atom is 0.410 e. The predicted molar refractivity (Wildman–Crippen MR) is 103 cm³/mol. The fourth-order valence-corrected chi connectivity index (χ4v) is 5.76. The van der Waals surface area contributed by atoms with Gasteiger partial charge in [0.15, 0.2) is 0 Å². The standard InChI is InChI=1S/C19H36N2O3S/c1-8-15-19(14-21(15)25(23)18(5,6)7)11-9-10-12-20(13-19)16(22)24-17(2,3)4/h15H,8-14H2,1-7H3/t15-,19-,25?/m1/s1. The van der Waals surface area contributed by atoms with Crippen molar-refractivity contribution < 1.29 is 14.1 Å². The molecule has 0 aromatic heterocycles. The van der Waals surface area contributed by atoms with Gasteiger partial charge in [0.05, 0.1) is 12.6 Å². The van der Waals surface area contributed by atoms with Gasteiger partial charge in [0.25, 0.3) is 0 Å². The third-order valence-corrected chi connectivity index (χ3v) is 7.02. The van der Waals surface area contributed by atoms with Crippen LogP contribution in [0.25, 0.3) is 0 Å². The van der Waals surface area contributed by atoms with Crippen molar-refractivity contribution in [1.82, 2.24) is 9.21 Å². The molecule has 0 aromatic rings. The van der Waals surface area contributed by atoms with Crippen LogP contribution in [0.3, 0.4) is 0 Å². The van der Waals surface area contributed by atoms with Crippen molar-refractivity contribution in [3.8, 4) is 0 Å². The Hall–Kier alpha value is -0.460. The predicted octanol–water partition coefficient (Wildman–Crippen LogP) is 3.95. The number of nitrogens with zero attached hydrogens (tertiary/aromatic N) is 2. The summed E-state index contributed by atoms with van der Waals surface area (Å²) < 4.78 is 20.4. The van der Waals surface area contributed by atoms with Crippen molar-refractivity contribution >= 4 is 17.5 Å². The Labute approximate surface area is 156 Å². The number of carbonyl (C=O) groups is 1. The zero-order valence-electron chi connectivity index (χ0n) is 17.1.